The van der Waals surface area contributed by atoms with E-state index in [4.69, 9.17) is 14.2 Å². The first-order valence-electron chi connectivity index (χ1n) is 8.58. The third-order valence-corrected chi connectivity index (χ3v) is 5.91. The number of ether oxygens (including phenoxy) is 3. The van der Waals surface area contributed by atoms with E-state index >= 15 is 0 Å². The number of hydrogen-bond acceptors (Lipinski definition) is 8. The van der Waals surface area contributed by atoms with Gasteiger partial charge in [-0.2, -0.15) is 0 Å². The predicted molar refractivity (Wildman–Crippen MR) is 100 cm³/mol. The Morgan fingerprint density at radius 3 is 2.54 bits per heavy atom. The lowest BCUT2D eigenvalue weighted by Gasteiger charge is -2.40. The van der Waals surface area contributed by atoms with Crippen molar-refractivity contribution in [2.24, 2.45) is 4.99 Å². The van der Waals surface area contributed by atoms with Crippen LogP contribution in [-0.4, -0.2) is 77.4 Å². The number of aliphatic imine (C=N–C) groups is 1. The van der Waals surface area contributed by atoms with Crippen LogP contribution in [0.25, 0.3) is 0 Å². The van der Waals surface area contributed by atoms with Crippen molar-refractivity contribution in [3.05, 3.63) is 29.8 Å². The van der Waals surface area contributed by atoms with Crippen LogP contribution in [0.2, 0.25) is 0 Å². The summed E-state index contributed by atoms with van der Waals surface area (Å²) in [4.78, 5) is 6.34. The SMILES string of the molecule is COc1ccc(CO[C@H](C)[C@H]2O[C@@H]3SC(N(C)C)=N[C@@H]3[C@@H](O)[C@@H]2O)cc1. The number of thioether (sulfide) groups is 1. The largest absolute Gasteiger partial charge is 0.497 e. The van der Waals surface area contributed by atoms with Crippen LogP contribution in [0, 0.1) is 0 Å². The minimum Gasteiger partial charge on any atom is -0.497 e. The first-order valence-corrected chi connectivity index (χ1v) is 9.46. The predicted octanol–water partition coefficient (Wildman–Crippen LogP) is 1.08. The van der Waals surface area contributed by atoms with Gasteiger partial charge < -0.3 is 29.3 Å². The fourth-order valence-corrected chi connectivity index (χ4v) is 4.17. The number of aliphatic hydroxyl groups excluding tert-OH is 2. The molecule has 0 aromatic heterocycles. The highest BCUT2D eigenvalue weighted by Gasteiger charge is 2.50. The second-order valence-electron chi connectivity index (χ2n) is 6.73. The highest BCUT2D eigenvalue weighted by atomic mass is 32.2. The van der Waals surface area contributed by atoms with Gasteiger partial charge in [-0.15, -0.1) is 0 Å². The molecular formula is C18H26N2O5S. The lowest BCUT2D eigenvalue weighted by Crippen LogP contribution is -2.58. The number of amidine groups is 1. The first kappa shape index (κ1) is 19.4. The lowest BCUT2D eigenvalue weighted by molar-refractivity contribution is -0.193. The summed E-state index contributed by atoms with van der Waals surface area (Å²) in [6.07, 6.45) is -3.02. The Balaban J connectivity index is 1.60. The van der Waals surface area contributed by atoms with Crippen molar-refractivity contribution in [3.8, 4) is 5.75 Å². The van der Waals surface area contributed by atoms with Gasteiger partial charge in [0.05, 0.1) is 19.8 Å². The summed E-state index contributed by atoms with van der Waals surface area (Å²) in [7, 11) is 5.41. The standard InChI is InChI=1S/C18H26N2O5S/c1-10(24-9-11-5-7-12(23-4)8-6-11)16-15(22)14(21)13-17(25-16)26-18(19-13)20(2)3/h5-8,10,13-17,21-22H,9H2,1-4H3/t10-,13-,14-,15+,16-,17-/m1/s1. The van der Waals surface area contributed by atoms with Crippen LogP contribution in [0.3, 0.4) is 0 Å². The average Bonchev–Trinajstić information content (AvgIpc) is 3.08. The van der Waals surface area contributed by atoms with Crippen LogP contribution in [0.4, 0.5) is 0 Å². The summed E-state index contributed by atoms with van der Waals surface area (Å²) in [5.74, 6) is 0.789. The van der Waals surface area contributed by atoms with Gasteiger partial charge in [0.25, 0.3) is 0 Å². The molecule has 0 unspecified atom stereocenters. The molecule has 0 aliphatic carbocycles. The van der Waals surface area contributed by atoms with Gasteiger partial charge in [0.1, 0.15) is 35.5 Å². The highest BCUT2D eigenvalue weighted by molar-refractivity contribution is 8.14. The first-order chi connectivity index (χ1) is 12.4. The zero-order valence-corrected chi connectivity index (χ0v) is 16.2. The molecule has 0 spiro atoms. The number of aliphatic hydroxyl groups is 2. The van der Waals surface area contributed by atoms with E-state index in [1.165, 1.54) is 11.8 Å². The van der Waals surface area contributed by atoms with Crippen LogP contribution in [0.5, 0.6) is 5.75 Å². The maximum Gasteiger partial charge on any atom is 0.161 e. The van der Waals surface area contributed by atoms with Crippen LogP contribution < -0.4 is 4.74 Å². The molecule has 0 saturated carbocycles. The second kappa shape index (κ2) is 8.14. The van der Waals surface area contributed by atoms with Crippen molar-refractivity contribution < 1.29 is 24.4 Å². The summed E-state index contributed by atoms with van der Waals surface area (Å²) in [6.45, 7) is 2.23. The van der Waals surface area contributed by atoms with Gasteiger partial charge in [-0.25, -0.2) is 0 Å². The summed E-state index contributed by atoms with van der Waals surface area (Å²) < 4.78 is 17.1. The Kier molecular flexibility index (Phi) is 6.09. The number of fused-ring (bicyclic) bond motifs is 1. The third-order valence-electron chi connectivity index (χ3n) is 4.60. The Labute approximate surface area is 158 Å². The molecule has 0 bridgehead atoms. The molecular weight excluding hydrogens is 356 g/mol. The van der Waals surface area contributed by atoms with E-state index in [1.807, 2.05) is 50.2 Å². The lowest BCUT2D eigenvalue weighted by atomic mass is 9.95. The van der Waals surface area contributed by atoms with E-state index in [0.717, 1.165) is 16.5 Å². The maximum absolute atomic E-state index is 10.5. The minimum atomic E-state index is -1.05. The number of methoxy groups -OCH3 is 1. The molecule has 1 saturated heterocycles. The molecule has 7 nitrogen and oxygen atoms in total. The molecule has 2 heterocycles. The fraction of sp³-hybridized carbons (Fsp3) is 0.611. The van der Waals surface area contributed by atoms with Crippen molar-refractivity contribution in [1.82, 2.24) is 4.90 Å². The number of hydrogen-bond donors (Lipinski definition) is 2. The average molecular weight is 382 g/mol. The molecule has 1 aromatic rings. The van der Waals surface area contributed by atoms with Crippen molar-refractivity contribution in [2.45, 2.75) is 49.4 Å². The normalized spacial score (nSPS) is 31.9. The number of rotatable bonds is 5. The quantitative estimate of drug-likeness (QED) is 0.788. The van der Waals surface area contributed by atoms with E-state index in [1.54, 1.807) is 7.11 Å². The Bertz CT molecular complexity index is 639. The maximum atomic E-state index is 10.5. The molecule has 1 aromatic carbocycles. The van der Waals surface area contributed by atoms with E-state index < -0.39 is 24.4 Å². The van der Waals surface area contributed by atoms with E-state index in [2.05, 4.69) is 4.99 Å². The van der Waals surface area contributed by atoms with Gasteiger partial charge in [-0.05, 0) is 24.6 Å². The molecule has 144 valence electrons. The Morgan fingerprint density at radius 1 is 1.23 bits per heavy atom. The molecule has 2 aliphatic heterocycles. The third kappa shape index (κ3) is 3.99. The van der Waals surface area contributed by atoms with Gasteiger partial charge in [0.2, 0.25) is 0 Å². The highest BCUT2D eigenvalue weighted by Crippen LogP contribution is 2.38. The van der Waals surface area contributed by atoms with Gasteiger partial charge in [-0.1, -0.05) is 23.9 Å². The van der Waals surface area contributed by atoms with E-state index in [-0.39, 0.29) is 11.5 Å². The molecule has 8 heteroatoms. The van der Waals surface area contributed by atoms with Crippen LogP contribution in [0.1, 0.15) is 12.5 Å². The van der Waals surface area contributed by atoms with Crippen molar-refractivity contribution in [1.29, 1.82) is 0 Å². The molecule has 6 atom stereocenters. The van der Waals surface area contributed by atoms with Crippen molar-refractivity contribution >= 4 is 16.9 Å². The molecule has 0 amide bonds. The van der Waals surface area contributed by atoms with Crippen LogP contribution in [0.15, 0.2) is 29.3 Å². The summed E-state index contributed by atoms with van der Waals surface area (Å²) >= 11 is 1.46. The molecule has 2 N–H and O–H groups in total. The van der Waals surface area contributed by atoms with Gasteiger partial charge in [-0.3, -0.25) is 4.99 Å². The molecule has 1 fully saturated rings. The van der Waals surface area contributed by atoms with Gasteiger partial charge in [0.15, 0.2) is 5.17 Å². The summed E-state index contributed by atoms with van der Waals surface area (Å²) in [5, 5.41) is 21.7. The minimum absolute atomic E-state index is 0.317. The Hall–Kier alpha value is -1.32. The smallest absolute Gasteiger partial charge is 0.161 e. The van der Waals surface area contributed by atoms with E-state index in [9.17, 15) is 10.2 Å². The van der Waals surface area contributed by atoms with E-state index in [0.29, 0.717) is 6.61 Å². The zero-order chi connectivity index (χ0) is 18.8. The number of benzene rings is 1. The Morgan fingerprint density at radius 2 is 1.92 bits per heavy atom. The number of nitrogens with zero attached hydrogens (tertiary/aromatic N) is 2. The topological polar surface area (TPSA) is 83.8 Å². The molecule has 3 rings (SSSR count). The van der Waals surface area contributed by atoms with Gasteiger partial charge >= 0.3 is 0 Å². The van der Waals surface area contributed by atoms with Crippen molar-refractivity contribution in [3.63, 3.8) is 0 Å². The van der Waals surface area contributed by atoms with Crippen LogP contribution in [-0.2, 0) is 16.1 Å². The zero-order valence-electron chi connectivity index (χ0n) is 15.4. The second-order valence-corrected chi connectivity index (χ2v) is 7.79. The van der Waals surface area contributed by atoms with Gasteiger partial charge in [0, 0.05) is 14.1 Å². The molecule has 2 aliphatic rings. The fourth-order valence-electron chi connectivity index (χ4n) is 3.02. The summed E-state index contributed by atoms with van der Waals surface area (Å²) in [5.41, 5.74) is 0.678. The molecule has 0 radical (unpaired) electrons. The molecule has 26 heavy (non-hydrogen) atoms. The van der Waals surface area contributed by atoms with Crippen LogP contribution >= 0.6 is 11.8 Å². The van der Waals surface area contributed by atoms with Crippen molar-refractivity contribution in [2.75, 3.05) is 21.2 Å². The monoisotopic (exact) mass is 382 g/mol. The summed E-state index contributed by atoms with van der Waals surface area (Å²) in [6, 6.07) is 7.15.